The molecule has 1 saturated heterocycles. The van der Waals surface area contributed by atoms with Gasteiger partial charge in [-0.25, -0.2) is 0 Å². The smallest absolute Gasteiger partial charge is 0.00669 e. The van der Waals surface area contributed by atoms with Crippen molar-refractivity contribution >= 4 is 0 Å². The molecule has 1 heterocycles. The summed E-state index contributed by atoms with van der Waals surface area (Å²) in [5.41, 5.74) is 0. The normalized spacial score (nSPS) is 23.6. The summed E-state index contributed by atoms with van der Waals surface area (Å²) in [6, 6.07) is 0.823. The van der Waals surface area contributed by atoms with E-state index in [9.17, 15) is 0 Å². The van der Waals surface area contributed by atoms with Crippen LogP contribution in [0.2, 0.25) is 0 Å². The molecule has 1 rings (SSSR count). The molecule has 0 aromatic carbocycles. The minimum atomic E-state index is 0.777. The minimum absolute atomic E-state index is 0.777. The van der Waals surface area contributed by atoms with Gasteiger partial charge in [-0.3, -0.25) is 0 Å². The van der Waals surface area contributed by atoms with Crippen LogP contribution in [-0.4, -0.2) is 37.1 Å². The maximum Gasteiger partial charge on any atom is 0.00669 e. The Morgan fingerprint density at radius 3 is 2.80 bits per heavy atom. The number of nitrogens with one attached hydrogen (secondary N) is 1. The Hall–Kier alpha value is -0.0800. The second-order valence-electron chi connectivity index (χ2n) is 5.33. The molecule has 1 fully saturated rings. The highest BCUT2D eigenvalue weighted by atomic mass is 15.2. The Bertz CT molecular complexity index is 157. The second kappa shape index (κ2) is 7.24. The van der Waals surface area contributed by atoms with E-state index in [1.165, 1.54) is 45.3 Å². The molecule has 1 aliphatic rings. The van der Waals surface area contributed by atoms with Gasteiger partial charge in [0.2, 0.25) is 0 Å². The van der Waals surface area contributed by atoms with Crippen molar-refractivity contribution in [3.05, 3.63) is 0 Å². The molecule has 0 radical (unpaired) electrons. The van der Waals surface area contributed by atoms with Crippen molar-refractivity contribution in [1.29, 1.82) is 0 Å². The van der Waals surface area contributed by atoms with Crippen LogP contribution in [0.1, 0.15) is 46.5 Å². The summed E-state index contributed by atoms with van der Waals surface area (Å²) in [4.78, 5) is 2.65. The monoisotopic (exact) mass is 212 g/mol. The van der Waals surface area contributed by atoms with Crippen LogP contribution in [0.25, 0.3) is 0 Å². The topological polar surface area (TPSA) is 15.3 Å². The Labute approximate surface area is 95.4 Å². The number of hydrogen-bond donors (Lipinski definition) is 1. The number of nitrogens with zero attached hydrogens (tertiary/aromatic N) is 1. The van der Waals surface area contributed by atoms with Crippen molar-refractivity contribution in [2.45, 2.75) is 52.5 Å². The average Bonchev–Trinajstić information content (AvgIpc) is 2.20. The van der Waals surface area contributed by atoms with Crippen molar-refractivity contribution in [3.8, 4) is 0 Å². The molecule has 0 amide bonds. The van der Waals surface area contributed by atoms with Crippen LogP contribution in [0.4, 0.5) is 0 Å². The lowest BCUT2D eigenvalue weighted by Crippen LogP contribution is -2.39. The first-order chi connectivity index (χ1) is 7.20. The second-order valence-corrected chi connectivity index (χ2v) is 5.33. The zero-order chi connectivity index (χ0) is 11.1. The average molecular weight is 212 g/mol. The van der Waals surface area contributed by atoms with Crippen molar-refractivity contribution in [3.63, 3.8) is 0 Å². The summed E-state index contributed by atoms with van der Waals surface area (Å²) in [6.07, 6.45) is 5.55. The van der Waals surface area contributed by atoms with E-state index in [0.717, 1.165) is 18.5 Å². The summed E-state index contributed by atoms with van der Waals surface area (Å²) in [7, 11) is 0. The first kappa shape index (κ1) is 13.0. The molecule has 0 aliphatic carbocycles. The summed E-state index contributed by atoms with van der Waals surface area (Å²) in [5.74, 6) is 0.777. The summed E-state index contributed by atoms with van der Waals surface area (Å²) in [5, 5.41) is 3.51. The highest BCUT2D eigenvalue weighted by Crippen LogP contribution is 2.15. The minimum Gasteiger partial charge on any atom is -0.316 e. The molecule has 0 aromatic heterocycles. The SMILES string of the molecule is CC(C)CNCCCN1CCCC[C@H]1C. The van der Waals surface area contributed by atoms with Crippen molar-refractivity contribution in [1.82, 2.24) is 10.2 Å². The maximum absolute atomic E-state index is 3.51. The van der Waals surface area contributed by atoms with Crippen molar-refractivity contribution in [2.75, 3.05) is 26.2 Å². The van der Waals surface area contributed by atoms with Crippen LogP contribution in [-0.2, 0) is 0 Å². The van der Waals surface area contributed by atoms with E-state index >= 15 is 0 Å². The lowest BCUT2D eigenvalue weighted by Gasteiger charge is -2.33. The van der Waals surface area contributed by atoms with Crippen molar-refractivity contribution in [2.24, 2.45) is 5.92 Å². The number of likely N-dealkylation sites (tertiary alicyclic amines) is 1. The molecule has 0 saturated carbocycles. The van der Waals surface area contributed by atoms with Crippen LogP contribution in [0.15, 0.2) is 0 Å². The molecule has 0 spiro atoms. The van der Waals surface area contributed by atoms with E-state index in [2.05, 4.69) is 31.0 Å². The Balaban J connectivity index is 1.99. The molecule has 0 unspecified atom stereocenters. The van der Waals surface area contributed by atoms with Gasteiger partial charge in [0.05, 0.1) is 0 Å². The lowest BCUT2D eigenvalue weighted by molar-refractivity contribution is 0.159. The summed E-state index contributed by atoms with van der Waals surface area (Å²) in [6.45, 7) is 11.9. The van der Waals surface area contributed by atoms with Gasteiger partial charge in [-0.05, 0) is 58.3 Å². The molecule has 1 aliphatic heterocycles. The zero-order valence-electron chi connectivity index (χ0n) is 10.8. The van der Waals surface area contributed by atoms with E-state index in [1.807, 2.05) is 0 Å². The molecule has 15 heavy (non-hydrogen) atoms. The molecule has 2 nitrogen and oxygen atoms in total. The molecule has 1 atom stereocenters. The molecular formula is C13H28N2. The zero-order valence-corrected chi connectivity index (χ0v) is 10.8. The van der Waals surface area contributed by atoms with Gasteiger partial charge in [0.1, 0.15) is 0 Å². The fraction of sp³-hybridized carbons (Fsp3) is 1.00. The quantitative estimate of drug-likeness (QED) is 0.681. The van der Waals surface area contributed by atoms with E-state index in [0.29, 0.717) is 0 Å². The lowest BCUT2D eigenvalue weighted by atomic mass is 10.0. The molecular weight excluding hydrogens is 184 g/mol. The van der Waals surface area contributed by atoms with Gasteiger partial charge in [-0.1, -0.05) is 20.3 Å². The molecule has 2 heteroatoms. The number of hydrogen-bond acceptors (Lipinski definition) is 2. The maximum atomic E-state index is 3.51. The van der Waals surface area contributed by atoms with Gasteiger partial charge in [-0.2, -0.15) is 0 Å². The highest BCUT2D eigenvalue weighted by molar-refractivity contribution is 4.72. The third-order valence-corrected chi connectivity index (χ3v) is 3.29. The standard InChI is InChI=1S/C13H28N2/c1-12(2)11-14-8-6-10-15-9-5-4-7-13(15)3/h12-14H,4-11H2,1-3H3/t13-/m1/s1. The first-order valence-corrected chi connectivity index (χ1v) is 6.65. The number of piperidine rings is 1. The first-order valence-electron chi connectivity index (χ1n) is 6.65. The third-order valence-electron chi connectivity index (χ3n) is 3.29. The Morgan fingerprint density at radius 1 is 1.33 bits per heavy atom. The molecule has 0 bridgehead atoms. The van der Waals surface area contributed by atoms with E-state index < -0.39 is 0 Å². The fourth-order valence-corrected chi connectivity index (χ4v) is 2.29. The summed E-state index contributed by atoms with van der Waals surface area (Å²) < 4.78 is 0. The van der Waals surface area contributed by atoms with Crippen molar-refractivity contribution < 1.29 is 0 Å². The predicted molar refractivity (Wildman–Crippen MR) is 67.2 cm³/mol. The predicted octanol–water partition coefficient (Wildman–Crippen LogP) is 2.50. The van der Waals surface area contributed by atoms with Gasteiger partial charge < -0.3 is 10.2 Å². The van der Waals surface area contributed by atoms with E-state index in [4.69, 9.17) is 0 Å². The fourth-order valence-electron chi connectivity index (χ4n) is 2.29. The largest absolute Gasteiger partial charge is 0.316 e. The molecule has 1 N–H and O–H groups in total. The van der Waals surface area contributed by atoms with Gasteiger partial charge in [0, 0.05) is 6.04 Å². The van der Waals surface area contributed by atoms with Crippen LogP contribution in [0.5, 0.6) is 0 Å². The van der Waals surface area contributed by atoms with Gasteiger partial charge >= 0.3 is 0 Å². The van der Waals surface area contributed by atoms with Gasteiger partial charge in [-0.15, -0.1) is 0 Å². The van der Waals surface area contributed by atoms with E-state index in [-0.39, 0.29) is 0 Å². The molecule has 0 aromatic rings. The van der Waals surface area contributed by atoms with Crippen LogP contribution < -0.4 is 5.32 Å². The van der Waals surface area contributed by atoms with Crippen LogP contribution >= 0.6 is 0 Å². The van der Waals surface area contributed by atoms with E-state index in [1.54, 1.807) is 0 Å². The third kappa shape index (κ3) is 5.53. The summed E-state index contributed by atoms with van der Waals surface area (Å²) >= 11 is 0. The highest BCUT2D eigenvalue weighted by Gasteiger charge is 2.16. The Morgan fingerprint density at radius 2 is 2.13 bits per heavy atom. The Kier molecular flexibility index (Phi) is 6.26. The number of rotatable bonds is 6. The van der Waals surface area contributed by atoms with Crippen LogP contribution in [0, 0.1) is 5.92 Å². The molecule has 90 valence electrons. The van der Waals surface area contributed by atoms with Crippen LogP contribution in [0.3, 0.4) is 0 Å². The van der Waals surface area contributed by atoms with Gasteiger partial charge in [0.15, 0.2) is 0 Å². The van der Waals surface area contributed by atoms with Gasteiger partial charge in [0.25, 0.3) is 0 Å².